The molecule has 1 aliphatic rings. The second-order valence-electron chi connectivity index (χ2n) is 5.99. The van der Waals surface area contributed by atoms with E-state index in [4.69, 9.17) is 16.0 Å². The van der Waals surface area contributed by atoms with Crippen LogP contribution in [0, 0.1) is 6.92 Å². The van der Waals surface area contributed by atoms with E-state index in [2.05, 4.69) is 15.1 Å². The summed E-state index contributed by atoms with van der Waals surface area (Å²) < 4.78 is 5.39. The maximum absolute atomic E-state index is 12.4. The Labute approximate surface area is 146 Å². The highest BCUT2D eigenvalue weighted by Crippen LogP contribution is 2.12. The molecule has 1 fully saturated rings. The Morgan fingerprint density at radius 1 is 1.17 bits per heavy atom. The van der Waals surface area contributed by atoms with Gasteiger partial charge in [0.1, 0.15) is 0 Å². The molecule has 2 heterocycles. The molecule has 0 atom stereocenters. The number of hydrogen-bond donors (Lipinski definition) is 0. The van der Waals surface area contributed by atoms with Crippen LogP contribution >= 0.6 is 11.6 Å². The van der Waals surface area contributed by atoms with Crippen LogP contribution in [0.1, 0.15) is 17.3 Å². The monoisotopic (exact) mass is 348 g/mol. The molecule has 1 aromatic carbocycles. The minimum Gasteiger partial charge on any atom is -0.426 e. The number of aryl methyl sites for hydroxylation is 1. The molecule has 3 rings (SSSR count). The lowest BCUT2D eigenvalue weighted by Gasteiger charge is -2.34. The number of benzene rings is 1. The third-order valence-corrected chi connectivity index (χ3v) is 4.46. The van der Waals surface area contributed by atoms with E-state index in [1.165, 1.54) is 0 Å². The molecular formula is C17H21ClN4O2. The average Bonchev–Trinajstić information content (AvgIpc) is 3.01. The lowest BCUT2D eigenvalue weighted by molar-refractivity contribution is -0.132. The van der Waals surface area contributed by atoms with Crippen molar-refractivity contribution < 1.29 is 9.21 Å². The maximum atomic E-state index is 12.4. The first kappa shape index (κ1) is 16.9. The van der Waals surface area contributed by atoms with E-state index >= 15 is 0 Å². The topological polar surface area (TPSA) is 62.5 Å². The van der Waals surface area contributed by atoms with Gasteiger partial charge in [0, 0.05) is 51.1 Å². The highest BCUT2D eigenvalue weighted by Gasteiger charge is 2.21. The van der Waals surface area contributed by atoms with Crippen molar-refractivity contribution in [3.05, 3.63) is 46.6 Å². The summed E-state index contributed by atoms with van der Waals surface area (Å²) in [6.45, 7) is 5.94. The molecule has 1 amide bonds. The molecule has 0 unspecified atom stereocenters. The van der Waals surface area contributed by atoms with Gasteiger partial charge in [0.15, 0.2) is 0 Å². The van der Waals surface area contributed by atoms with Crippen molar-refractivity contribution in [3.8, 4) is 0 Å². The van der Waals surface area contributed by atoms with Gasteiger partial charge in [-0.1, -0.05) is 23.7 Å². The highest BCUT2D eigenvalue weighted by molar-refractivity contribution is 6.30. The lowest BCUT2D eigenvalue weighted by Crippen LogP contribution is -2.49. The SMILES string of the molecule is Cc1nnc(CCN2CCN(C(=O)Cc3ccc(Cl)cc3)CC2)o1. The molecular weight excluding hydrogens is 328 g/mol. The molecule has 6 nitrogen and oxygen atoms in total. The van der Waals surface area contributed by atoms with E-state index in [1.54, 1.807) is 6.92 Å². The Balaban J connectivity index is 1.42. The van der Waals surface area contributed by atoms with Gasteiger partial charge in [0.2, 0.25) is 17.7 Å². The number of amides is 1. The van der Waals surface area contributed by atoms with E-state index in [0.717, 1.165) is 44.7 Å². The van der Waals surface area contributed by atoms with Crippen molar-refractivity contribution in [3.63, 3.8) is 0 Å². The fraction of sp³-hybridized carbons (Fsp3) is 0.471. The Morgan fingerprint density at radius 2 is 1.88 bits per heavy atom. The Bertz CT molecular complexity index is 678. The number of rotatable bonds is 5. The standard InChI is InChI=1S/C17H21ClN4O2/c1-13-19-20-16(24-13)6-7-21-8-10-22(11-9-21)17(23)12-14-2-4-15(18)5-3-14/h2-5H,6-12H2,1H3. The molecule has 1 aliphatic heterocycles. The first-order valence-corrected chi connectivity index (χ1v) is 8.51. The van der Waals surface area contributed by atoms with Crippen molar-refractivity contribution in [1.29, 1.82) is 0 Å². The summed E-state index contributed by atoms with van der Waals surface area (Å²) in [5.74, 6) is 1.45. The predicted octanol–water partition coefficient (Wildman–Crippen LogP) is 1.96. The average molecular weight is 349 g/mol. The van der Waals surface area contributed by atoms with Gasteiger partial charge in [0.05, 0.1) is 6.42 Å². The van der Waals surface area contributed by atoms with Crippen molar-refractivity contribution >= 4 is 17.5 Å². The van der Waals surface area contributed by atoms with Gasteiger partial charge in [0.25, 0.3) is 0 Å². The van der Waals surface area contributed by atoms with Crippen molar-refractivity contribution in [2.45, 2.75) is 19.8 Å². The molecule has 24 heavy (non-hydrogen) atoms. The minimum atomic E-state index is 0.171. The van der Waals surface area contributed by atoms with Crippen LogP contribution in [0.5, 0.6) is 0 Å². The van der Waals surface area contributed by atoms with Crippen LogP contribution in [-0.2, 0) is 17.6 Å². The molecule has 0 spiro atoms. The van der Waals surface area contributed by atoms with Crippen LogP contribution in [0.15, 0.2) is 28.7 Å². The first-order chi connectivity index (χ1) is 11.6. The zero-order valence-electron chi connectivity index (χ0n) is 13.7. The van der Waals surface area contributed by atoms with Crippen molar-refractivity contribution in [2.75, 3.05) is 32.7 Å². The number of halogens is 1. The predicted molar refractivity (Wildman–Crippen MR) is 90.9 cm³/mol. The number of carbonyl (C=O) groups is 1. The van der Waals surface area contributed by atoms with Gasteiger partial charge >= 0.3 is 0 Å². The Hall–Kier alpha value is -1.92. The third-order valence-electron chi connectivity index (χ3n) is 4.20. The zero-order valence-corrected chi connectivity index (χ0v) is 14.5. The first-order valence-electron chi connectivity index (χ1n) is 8.14. The van der Waals surface area contributed by atoms with Gasteiger partial charge in [-0.25, -0.2) is 0 Å². The van der Waals surface area contributed by atoms with Crippen molar-refractivity contribution in [2.24, 2.45) is 0 Å². The summed E-state index contributed by atoms with van der Waals surface area (Å²) in [6, 6.07) is 7.45. The fourth-order valence-electron chi connectivity index (χ4n) is 2.80. The summed E-state index contributed by atoms with van der Waals surface area (Å²) in [6.07, 6.45) is 1.18. The molecule has 1 saturated heterocycles. The number of hydrogen-bond acceptors (Lipinski definition) is 5. The lowest BCUT2D eigenvalue weighted by atomic mass is 10.1. The Kier molecular flexibility index (Phi) is 5.48. The number of carbonyl (C=O) groups excluding carboxylic acids is 1. The van der Waals surface area contributed by atoms with Crippen LogP contribution in [0.25, 0.3) is 0 Å². The third kappa shape index (κ3) is 4.55. The van der Waals surface area contributed by atoms with Crippen molar-refractivity contribution in [1.82, 2.24) is 20.0 Å². The largest absolute Gasteiger partial charge is 0.426 e. The Morgan fingerprint density at radius 3 is 2.50 bits per heavy atom. The molecule has 128 valence electrons. The molecule has 1 aromatic heterocycles. The van der Waals surface area contributed by atoms with Crippen LogP contribution in [0.2, 0.25) is 5.02 Å². The maximum Gasteiger partial charge on any atom is 0.227 e. The van der Waals surface area contributed by atoms with E-state index < -0.39 is 0 Å². The highest BCUT2D eigenvalue weighted by atomic mass is 35.5. The van der Waals surface area contributed by atoms with Crippen LogP contribution in [-0.4, -0.2) is 58.6 Å². The van der Waals surface area contributed by atoms with Gasteiger partial charge in [-0.3, -0.25) is 9.69 Å². The van der Waals surface area contributed by atoms with E-state index in [0.29, 0.717) is 23.2 Å². The van der Waals surface area contributed by atoms with Crippen LogP contribution < -0.4 is 0 Å². The fourth-order valence-corrected chi connectivity index (χ4v) is 2.93. The smallest absolute Gasteiger partial charge is 0.227 e. The molecule has 0 N–H and O–H groups in total. The van der Waals surface area contributed by atoms with Gasteiger partial charge in [-0.2, -0.15) is 0 Å². The summed E-state index contributed by atoms with van der Waals surface area (Å²) >= 11 is 5.87. The van der Waals surface area contributed by atoms with Crippen LogP contribution in [0.3, 0.4) is 0 Å². The van der Waals surface area contributed by atoms with Crippen LogP contribution in [0.4, 0.5) is 0 Å². The molecule has 0 aliphatic carbocycles. The van der Waals surface area contributed by atoms with Gasteiger partial charge < -0.3 is 9.32 Å². The van der Waals surface area contributed by atoms with Gasteiger partial charge in [-0.15, -0.1) is 10.2 Å². The molecule has 2 aromatic rings. The second kappa shape index (κ2) is 7.77. The number of nitrogens with zero attached hydrogens (tertiary/aromatic N) is 4. The molecule has 0 bridgehead atoms. The molecule has 7 heteroatoms. The summed E-state index contributed by atoms with van der Waals surface area (Å²) in [5.41, 5.74) is 0.999. The minimum absolute atomic E-state index is 0.171. The normalized spacial score (nSPS) is 15.7. The second-order valence-corrected chi connectivity index (χ2v) is 6.43. The molecule has 0 saturated carbocycles. The number of piperazine rings is 1. The van der Waals surface area contributed by atoms with E-state index in [1.807, 2.05) is 29.2 Å². The summed E-state index contributed by atoms with van der Waals surface area (Å²) in [7, 11) is 0. The number of aromatic nitrogens is 2. The van der Waals surface area contributed by atoms with E-state index in [-0.39, 0.29) is 5.91 Å². The molecule has 0 radical (unpaired) electrons. The summed E-state index contributed by atoms with van der Waals surface area (Å²) in [5, 5.41) is 8.53. The summed E-state index contributed by atoms with van der Waals surface area (Å²) in [4.78, 5) is 16.6. The van der Waals surface area contributed by atoms with Gasteiger partial charge in [-0.05, 0) is 17.7 Å². The van der Waals surface area contributed by atoms with E-state index in [9.17, 15) is 4.79 Å². The zero-order chi connectivity index (χ0) is 16.9. The quantitative estimate of drug-likeness (QED) is 0.826.